The summed E-state index contributed by atoms with van der Waals surface area (Å²) in [5, 5.41) is 0. The molecule has 1 fully saturated rings. The van der Waals surface area contributed by atoms with Crippen molar-refractivity contribution in [1.29, 1.82) is 0 Å². The average Bonchev–Trinajstić information content (AvgIpc) is 2.97. The highest BCUT2D eigenvalue weighted by Crippen LogP contribution is 2.41. The lowest BCUT2D eigenvalue weighted by Crippen LogP contribution is -2.46. The maximum absolute atomic E-state index is 13.2. The van der Waals surface area contributed by atoms with Crippen LogP contribution >= 0.6 is 0 Å². The van der Waals surface area contributed by atoms with Crippen LogP contribution in [-0.2, 0) is 28.9 Å². The lowest BCUT2D eigenvalue weighted by molar-refractivity contribution is -0.125. The van der Waals surface area contributed by atoms with Crippen molar-refractivity contribution in [3.63, 3.8) is 0 Å². The summed E-state index contributed by atoms with van der Waals surface area (Å²) in [6.07, 6.45) is -0.00497. The summed E-state index contributed by atoms with van der Waals surface area (Å²) in [6, 6.07) is 11.7. The second kappa shape index (κ2) is 6.85. The lowest BCUT2D eigenvalue weighted by atomic mass is 10.2. The molecule has 1 aliphatic carbocycles. The number of ketones is 1. The fraction of sp³-hybridized carbons (Fsp3) is 0.316. The van der Waals surface area contributed by atoms with Crippen LogP contribution in [0.1, 0.15) is 30.4 Å². The third-order valence-corrected chi connectivity index (χ3v) is 8.39. The van der Waals surface area contributed by atoms with Gasteiger partial charge in [0.25, 0.3) is 10.1 Å². The Hall–Kier alpha value is -2.03. The van der Waals surface area contributed by atoms with Crippen molar-refractivity contribution in [1.82, 2.24) is 0 Å². The van der Waals surface area contributed by atoms with Gasteiger partial charge in [-0.1, -0.05) is 35.4 Å². The number of sulfone groups is 1. The highest BCUT2D eigenvalue weighted by molar-refractivity contribution is 7.94. The van der Waals surface area contributed by atoms with Crippen molar-refractivity contribution in [2.45, 2.75) is 47.8 Å². The van der Waals surface area contributed by atoms with Crippen molar-refractivity contribution in [2.75, 3.05) is 0 Å². The Labute approximate surface area is 159 Å². The van der Waals surface area contributed by atoms with Crippen LogP contribution in [0.25, 0.3) is 0 Å². The number of aryl methyl sites for hydroxylation is 2. The standard InChI is InChI=1S/C19H20O6S2/c1-14-5-9-16(10-6-14)26(21,22)19(13-3-4-18(19)20)25-27(23,24)17-11-7-15(2)8-12-17/h5-12H,3-4,13H2,1-2H3. The summed E-state index contributed by atoms with van der Waals surface area (Å²) >= 11 is 0. The van der Waals surface area contributed by atoms with Gasteiger partial charge in [0.2, 0.25) is 14.8 Å². The van der Waals surface area contributed by atoms with Crippen LogP contribution in [0, 0.1) is 13.8 Å². The van der Waals surface area contributed by atoms with Gasteiger partial charge in [-0.25, -0.2) is 12.6 Å². The highest BCUT2D eigenvalue weighted by atomic mass is 32.2. The molecule has 27 heavy (non-hydrogen) atoms. The van der Waals surface area contributed by atoms with E-state index in [2.05, 4.69) is 0 Å². The summed E-state index contributed by atoms with van der Waals surface area (Å²) in [5.41, 5.74) is 1.68. The molecule has 3 rings (SSSR count). The van der Waals surface area contributed by atoms with Crippen molar-refractivity contribution < 1.29 is 25.8 Å². The van der Waals surface area contributed by atoms with Crippen molar-refractivity contribution >= 4 is 25.7 Å². The summed E-state index contributed by atoms with van der Waals surface area (Å²) in [5.74, 6) is -0.737. The molecule has 1 unspecified atom stereocenters. The largest absolute Gasteiger partial charge is 0.298 e. The molecular formula is C19H20O6S2. The zero-order chi connectivity index (χ0) is 19.9. The smallest absolute Gasteiger partial charge is 0.295 e. The molecule has 0 amide bonds. The maximum Gasteiger partial charge on any atom is 0.298 e. The summed E-state index contributed by atoms with van der Waals surface area (Å²) in [7, 11) is -8.82. The Morgan fingerprint density at radius 3 is 1.74 bits per heavy atom. The molecule has 0 bridgehead atoms. The molecule has 0 N–H and O–H groups in total. The molecular weight excluding hydrogens is 388 g/mol. The molecule has 1 saturated carbocycles. The Balaban J connectivity index is 2.10. The van der Waals surface area contributed by atoms with E-state index in [1.807, 2.05) is 0 Å². The minimum atomic E-state index is -4.45. The Kier molecular flexibility index (Phi) is 5.00. The SMILES string of the molecule is Cc1ccc(S(=O)(=O)OC2(S(=O)(=O)c3ccc(C)cc3)CCCC2=O)cc1. The van der Waals surface area contributed by atoms with E-state index >= 15 is 0 Å². The van der Waals surface area contributed by atoms with Crippen LogP contribution in [0.2, 0.25) is 0 Å². The number of Topliss-reactive ketones (excluding diaryl/α,β-unsaturated/α-hetero) is 1. The van der Waals surface area contributed by atoms with E-state index in [1.54, 1.807) is 38.1 Å². The van der Waals surface area contributed by atoms with Gasteiger partial charge in [-0.3, -0.25) is 4.79 Å². The molecule has 144 valence electrons. The van der Waals surface area contributed by atoms with Gasteiger partial charge in [0.05, 0.1) is 9.79 Å². The van der Waals surface area contributed by atoms with Gasteiger partial charge in [-0.05, 0) is 44.5 Å². The molecule has 0 radical (unpaired) electrons. The van der Waals surface area contributed by atoms with Crippen molar-refractivity contribution in [3.8, 4) is 0 Å². The molecule has 0 aromatic heterocycles. The van der Waals surface area contributed by atoms with E-state index in [4.69, 9.17) is 4.18 Å². The second-order valence-electron chi connectivity index (χ2n) is 6.70. The third kappa shape index (κ3) is 3.44. The third-order valence-electron chi connectivity index (χ3n) is 4.65. The predicted octanol–water partition coefficient (Wildman–Crippen LogP) is 2.93. The van der Waals surface area contributed by atoms with Gasteiger partial charge in [0, 0.05) is 12.8 Å². The van der Waals surface area contributed by atoms with E-state index in [1.165, 1.54) is 24.3 Å². The van der Waals surface area contributed by atoms with Gasteiger partial charge in [0.1, 0.15) is 0 Å². The maximum atomic E-state index is 13.2. The summed E-state index contributed by atoms with van der Waals surface area (Å²) in [6.45, 7) is 3.59. The minimum Gasteiger partial charge on any atom is -0.295 e. The van der Waals surface area contributed by atoms with Crippen LogP contribution in [0.3, 0.4) is 0 Å². The number of carbonyl (C=O) groups is 1. The number of benzene rings is 2. The molecule has 2 aromatic carbocycles. The lowest BCUT2D eigenvalue weighted by Gasteiger charge is -2.27. The first-order valence-electron chi connectivity index (χ1n) is 8.45. The molecule has 2 aromatic rings. The minimum absolute atomic E-state index is 0.0471. The normalized spacial score (nSPS) is 20.7. The van der Waals surface area contributed by atoms with Gasteiger partial charge < -0.3 is 0 Å². The molecule has 8 heteroatoms. The van der Waals surface area contributed by atoms with Crippen molar-refractivity contribution in [3.05, 3.63) is 59.7 Å². The molecule has 1 aliphatic rings. The van der Waals surface area contributed by atoms with Crippen LogP contribution in [0.15, 0.2) is 58.3 Å². The molecule has 0 heterocycles. The second-order valence-corrected chi connectivity index (χ2v) is 10.4. The number of carbonyl (C=O) groups excluding carboxylic acids is 1. The zero-order valence-electron chi connectivity index (χ0n) is 15.0. The Bertz CT molecular complexity index is 1070. The molecule has 0 aliphatic heterocycles. The van der Waals surface area contributed by atoms with Crippen LogP contribution in [0.4, 0.5) is 0 Å². The summed E-state index contributed by atoms with van der Waals surface area (Å²) < 4.78 is 57.2. The quantitative estimate of drug-likeness (QED) is 0.706. The fourth-order valence-electron chi connectivity index (χ4n) is 3.07. The van der Waals surface area contributed by atoms with E-state index in [-0.39, 0.29) is 29.1 Å². The van der Waals surface area contributed by atoms with Crippen LogP contribution < -0.4 is 0 Å². The number of rotatable bonds is 5. The van der Waals surface area contributed by atoms with Gasteiger partial charge in [-0.15, -0.1) is 0 Å². The molecule has 6 nitrogen and oxygen atoms in total. The Morgan fingerprint density at radius 1 is 0.815 bits per heavy atom. The first kappa shape index (κ1) is 19.7. The van der Waals surface area contributed by atoms with E-state index < -0.39 is 30.7 Å². The summed E-state index contributed by atoms with van der Waals surface area (Å²) in [4.78, 5) is 9.83. The van der Waals surface area contributed by atoms with E-state index in [9.17, 15) is 21.6 Å². The Morgan fingerprint density at radius 2 is 1.30 bits per heavy atom. The topological polar surface area (TPSA) is 94.6 Å². The van der Waals surface area contributed by atoms with E-state index in [0.717, 1.165) is 11.1 Å². The molecule has 1 atom stereocenters. The first-order valence-corrected chi connectivity index (χ1v) is 11.3. The monoisotopic (exact) mass is 408 g/mol. The fourth-order valence-corrected chi connectivity index (χ4v) is 6.48. The van der Waals surface area contributed by atoms with Gasteiger partial charge in [0.15, 0.2) is 5.78 Å². The number of hydrogen-bond donors (Lipinski definition) is 0. The zero-order valence-corrected chi connectivity index (χ0v) is 16.6. The van der Waals surface area contributed by atoms with Crippen molar-refractivity contribution in [2.24, 2.45) is 0 Å². The van der Waals surface area contributed by atoms with E-state index in [0.29, 0.717) is 0 Å². The predicted molar refractivity (Wildman–Crippen MR) is 99.4 cm³/mol. The molecule has 0 saturated heterocycles. The highest BCUT2D eigenvalue weighted by Gasteiger charge is 2.57. The van der Waals surface area contributed by atoms with Gasteiger partial charge >= 0.3 is 0 Å². The van der Waals surface area contributed by atoms with Crippen LogP contribution in [0.5, 0.6) is 0 Å². The average molecular weight is 408 g/mol. The first-order chi connectivity index (χ1) is 12.6. The van der Waals surface area contributed by atoms with Crippen LogP contribution in [-0.4, -0.2) is 27.6 Å². The number of hydrogen-bond acceptors (Lipinski definition) is 6. The molecule has 0 spiro atoms. The van der Waals surface area contributed by atoms with Gasteiger partial charge in [-0.2, -0.15) is 8.42 Å².